The zero-order valence-corrected chi connectivity index (χ0v) is 10.9. The zero-order chi connectivity index (χ0) is 12.9. The molecule has 0 aliphatic heterocycles. The molecule has 0 fully saturated rings. The topological polar surface area (TPSA) is 189 Å². The van der Waals surface area contributed by atoms with Crippen LogP contribution in [-0.4, -0.2) is 42.1 Å². The summed E-state index contributed by atoms with van der Waals surface area (Å²) in [6.45, 7) is 0. The summed E-state index contributed by atoms with van der Waals surface area (Å²) in [6.07, 6.45) is 0. The van der Waals surface area contributed by atoms with Gasteiger partial charge in [0.15, 0.2) is 0 Å². The normalized spacial score (nSPS) is 5.82. The number of rotatable bonds is 3. The summed E-state index contributed by atoms with van der Waals surface area (Å²) in [6, 6.07) is 0. The Balaban J connectivity index is -0.0000000400. The van der Waals surface area contributed by atoms with Crippen LogP contribution in [0.25, 0.3) is 0 Å². The molecule has 0 amide bonds. The molecule has 0 bridgehead atoms. The van der Waals surface area contributed by atoms with E-state index in [4.69, 9.17) is 30.3 Å². The van der Waals surface area contributed by atoms with E-state index in [1.165, 1.54) is 0 Å². The predicted molar refractivity (Wildman–Crippen MR) is 45.6 cm³/mol. The Labute approximate surface area is 113 Å². The molecule has 0 spiro atoms. The van der Waals surface area contributed by atoms with Crippen LogP contribution in [0.1, 0.15) is 0 Å². The van der Waals surface area contributed by atoms with E-state index in [0.717, 1.165) is 21.3 Å². The van der Waals surface area contributed by atoms with Crippen molar-refractivity contribution in [2.24, 2.45) is 0 Å². The van der Waals surface area contributed by atoms with Gasteiger partial charge in [0.05, 0.1) is 21.3 Å². The maximum absolute atomic E-state index is 8.95. The smallest absolute Gasteiger partial charge is 0.294 e. The fraction of sp³-hybridized carbons (Fsp3) is 1.00. The Morgan fingerprint density at radius 1 is 0.706 bits per heavy atom. The molecule has 0 saturated heterocycles. The van der Waals surface area contributed by atoms with E-state index in [-0.39, 0.29) is 31.3 Å². The molecule has 0 aliphatic carbocycles. The Morgan fingerprint density at radius 2 is 0.765 bits per heavy atom. The van der Waals surface area contributed by atoms with Crippen molar-refractivity contribution >= 4 is 0 Å². The second-order valence-corrected chi connectivity index (χ2v) is 1.22. The minimum atomic E-state index is -0.875. The molecule has 17 heavy (non-hydrogen) atoms. The first-order chi connectivity index (χ1) is 6.81. The van der Waals surface area contributed by atoms with Crippen molar-refractivity contribution in [3.05, 3.63) is 30.3 Å². The van der Waals surface area contributed by atoms with Crippen LogP contribution < -0.4 is 0 Å². The van der Waals surface area contributed by atoms with Crippen molar-refractivity contribution in [1.29, 1.82) is 0 Å². The number of hydrogen-bond donors (Lipinski definition) is 0. The number of nitrogens with zero attached hydrogens (tertiary/aromatic N) is 3. The third-order valence-corrected chi connectivity index (χ3v) is 0.447. The molecule has 14 heteroatoms. The SMILES string of the molecule is CO[N+](=O)[O-].CO[N+](=O)[O-].CO[N+](=O)[O-].O.[Sc]. The van der Waals surface area contributed by atoms with Gasteiger partial charge < -0.3 is 20.0 Å². The molecule has 2 N–H and O–H groups in total. The molecule has 0 aliphatic rings. The summed E-state index contributed by atoms with van der Waals surface area (Å²) in [5.41, 5.74) is 0. The molecule has 13 nitrogen and oxygen atoms in total. The monoisotopic (exact) mass is 294 g/mol. The van der Waals surface area contributed by atoms with Crippen LogP contribution in [0.5, 0.6) is 0 Å². The Morgan fingerprint density at radius 3 is 0.765 bits per heavy atom. The molecular formula is C3H11N3O10Sc. The molecule has 0 unspecified atom stereocenters. The van der Waals surface area contributed by atoms with Gasteiger partial charge >= 0.3 is 0 Å². The van der Waals surface area contributed by atoms with Gasteiger partial charge in [-0.05, 0) is 0 Å². The van der Waals surface area contributed by atoms with Crippen LogP contribution in [0.15, 0.2) is 0 Å². The fourth-order valence-electron chi connectivity index (χ4n) is 0. The van der Waals surface area contributed by atoms with Gasteiger partial charge in [0.1, 0.15) is 0 Å². The van der Waals surface area contributed by atoms with Crippen LogP contribution in [0, 0.1) is 30.3 Å². The van der Waals surface area contributed by atoms with Crippen LogP contribution in [-0.2, 0) is 40.4 Å². The molecule has 0 saturated carbocycles. The predicted octanol–water partition coefficient (Wildman–Crippen LogP) is -1.35. The summed E-state index contributed by atoms with van der Waals surface area (Å²) in [7, 11) is 3.00. The first-order valence-electron chi connectivity index (χ1n) is 2.87. The van der Waals surface area contributed by atoms with Crippen LogP contribution in [0.2, 0.25) is 0 Å². The molecule has 1 radical (unpaired) electrons. The average Bonchev–Trinajstić information content (AvgIpc) is 2.19. The van der Waals surface area contributed by atoms with Crippen LogP contribution in [0.4, 0.5) is 0 Å². The summed E-state index contributed by atoms with van der Waals surface area (Å²) in [4.78, 5) is 37.3. The molecule has 0 aromatic heterocycles. The summed E-state index contributed by atoms with van der Waals surface area (Å²) < 4.78 is 0. The van der Waals surface area contributed by atoms with Crippen LogP contribution >= 0.6 is 0 Å². The van der Waals surface area contributed by atoms with Gasteiger partial charge in [-0.1, -0.05) is 0 Å². The molecule has 0 heterocycles. The quantitative estimate of drug-likeness (QED) is 0.447. The Bertz CT molecular complexity index is 166. The first-order valence-corrected chi connectivity index (χ1v) is 2.87. The van der Waals surface area contributed by atoms with E-state index in [0.29, 0.717) is 0 Å². The fourth-order valence-corrected chi connectivity index (χ4v) is 0. The van der Waals surface area contributed by atoms with E-state index in [1.807, 2.05) is 0 Å². The molecule has 101 valence electrons. The second kappa shape index (κ2) is 23.9. The van der Waals surface area contributed by atoms with E-state index in [1.54, 1.807) is 0 Å². The maximum atomic E-state index is 8.95. The van der Waals surface area contributed by atoms with Crippen molar-refractivity contribution in [3.8, 4) is 0 Å². The molecule has 0 rings (SSSR count). The van der Waals surface area contributed by atoms with Crippen molar-refractivity contribution in [1.82, 2.24) is 0 Å². The third-order valence-electron chi connectivity index (χ3n) is 0.447. The molecular weight excluding hydrogens is 283 g/mol. The van der Waals surface area contributed by atoms with Gasteiger partial charge in [-0.2, -0.15) is 0 Å². The molecule has 0 aromatic rings. The maximum Gasteiger partial charge on any atom is 0.294 e. The largest absolute Gasteiger partial charge is 0.412 e. The van der Waals surface area contributed by atoms with E-state index >= 15 is 0 Å². The third kappa shape index (κ3) is 114. The van der Waals surface area contributed by atoms with E-state index in [2.05, 4.69) is 14.5 Å². The minimum Gasteiger partial charge on any atom is -0.412 e. The second-order valence-electron chi connectivity index (χ2n) is 1.22. The van der Waals surface area contributed by atoms with Crippen molar-refractivity contribution in [3.63, 3.8) is 0 Å². The van der Waals surface area contributed by atoms with Gasteiger partial charge in [-0.25, -0.2) is 0 Å². The number of hydrogen-bond acceptors (Lipinski definition) is 9. The van der Waals surface area contributed by atoms with Gasteiger partial charge in [0.25, 0.3) is 15.3 Å². The van der Waals surface area contributed by atoms with Crippen molar-refractivity contribution in [2.75, 3.05) is 21.3 Å². The van der Waals surface area contributed by atoms with E-state index in [9.17, 15) is 0 Å². The van der Waals surface area contributed by atoms with Gasteiger partial charge in [0, 0.05) is 25.8 Å². The van der Waals surface area contributed by atoms with Crippen LogP contribution in [0.3, 0.4) is 0 Å². The summed E-state index contributed by atoms with van der Waals surface area (Å²) >= 11 is 0. The molecule has 0 atom stereocenters. The standard InChI is InChI=1S/3CH3NO3.H2O.Sc/c3*1-5-2(3)4;;/h3*1H3;1H2;. The zero-order valence-electron chi connectivity index (χ0n) is 9.09. The van der Waals surface area contributed by atoms with Gasteiger partial charge in [0.2, 0.25) is 0 Å². The van der Waals surface area contributed by atoms with E-state index < -0.39 is 15.3 Å². The summed E-state index contributed by atoms with van der Waals surface area (Å²) in [5.74, 6) is 0. The molecule has 0 aromatic carbocycles. The Hall–Kier alpha value is -1.57. The van der Waals surface area contributed by atoms with Crippen molar-refractivity contribution < 1.29 is 61.1 Å². The van der Waals surface area contributed by atoms with Crippen molar-refractivity contribution in [2.45, 2.75) is 0 Å². The van der Waals surface area contributed by atoms with Gasteiger partial charge in [-0.3, -0.25) is 0 Å². The van der Waals surface area contributed by atoms with Gasteiger partial charge in [-0.15, -0.1) is 30.3 Å². The first kappa shape index (κ1) is 29.5. The average molecular weight is 294 g/mol. The summed E-state index contributed by atoms with van der Waals surface area (Å²) in [5, 5.41) is 24.2. The Kier molecular flexibility index (Phi) is 41.6. The minimum absolute atomic E-state index is 0.